The first kappa shape index (κ1) is 15.5. The molecule has 114 valence electrons. The summed E-state index contributed by atoms with van der Waals surface area (Å²) in [4.78, 5) is 29.1. The van der Waals surface area contributed by atoms with Crippen molar-refractivity contribution >= 4 is 11.9 Å². The van der Waals surface area contributed by atoms with E-state index >= 15 is 0 Å². The minimum atomic E-state index is -1.04. The molecular formula is C16H22N2O3. The third-order valence-electron chi connectivity index (χ3n) is 4.49. The van der Waals surface area contributed by atoms with Gasteiger partial charge in [-0.2, -0.15) is 0 Å². The normalized spacial score (nSPS) is 21.8. The summed E-state index contributed by atoms with van der Waals surface area (Å²) in [5, 5.41) is 8.98. The second-order valence-electron chi connectivity index (χ2n) is 5.73. The van der Waals surface area contributed by atoms with Crippen LogP contribution in [0.5, 0.6) is 0 Å². The van der Waals surface area contributed by atoms with Gasteiger partial charge in [0.2, 0.25) is 0 Å². The Kier molecular flexibility index (Phi) is 4.94. The van der Waals surface area contributed by atoms with E-state index in [-0.39, 0.29) is 23.2 Å². The summed E-state index contributed by atoms with van der Waals surface area (Å²) in [6.45, 7) is 2.21. The van der Waals surface area contributed by atoms with Crippen molar-refractivity contribution in [3.63, 3.8) is 0 Å². The van der Waals surface area contributed by atoms with Crippen LogP contribution in [0.25, 0.3) is 0 Å². The average Bonchev–Trinajstić information content (AvgIpc) is 2.53. The molecule has 1 fully saturated rings. The highest BCUT2D eigenvalue weighted by Gasteiger charge is 2.27. The number of carboxylic acids is 1. The minimum Gasteiger partial charge on any atom is -0.478 e. The molecule has 1 aliphatic rings. The van der Waals surface area contributed by atoms with E-state index in [1.165, 1.54) is 24.8 Å². The van der Waals surface area contributed by atoms with Crippen LogP contribution in [-0.2, 0) is 0 Å². The molecule has 1 N–H and O–H groups in total. The van der Waals surface area contributed by atoms with Crippen LogP contribution >= 0.6 is 0 Å². The summed E-state index contributed by atoms with van der Waals surface area (Å²) in [5.41, 5.74) is 0.298. The van der Waals surface area contributed by atoms with Crippen LogP contribution in [-0.4, -0.2) is 40.0 Å². The first-order valence-corrected chi connectivity index (χ1v) is 7.49. The number of aromatic carboxylic acids is 1. The third kappa shape index (κ3) is 3.60. The molecule has 0 radical (unpaired) electrons. The van der Waals surface area contributed by atoms with E-state index in [1.807, 2.05) is 0 Å². The number of rotatable bonds is 4. The van der Waals surface area contributed by atoms with Crippen LogP contribution in [0.3, 0.4) is 0 Å². The van der Waals surface area contributed by atoms with E-state index in [0.717, 1.165) is 31.6 Å². The summed E-state index contributed by atoms with van der Waals surface area (Å²) in [5.74, 6) is -0.464. The Morgan fingerprint density at radius 1 is 1.33 bits per heavy atom. The van der Waals surface area contributed by atoms with Gasteiger partial charge in [-0.1, -0.05) is 13.3 Å². The summed E-state index contributed by atoms with van der Waals surface area (Å²) in [7, 11) is 1.79. The van der Waals surface area contributed by atoms with Gasteiger partial charge in [-0.15, -0.1) is 0 Å². The van der Waals surface area contributed by atoms with Crippen LogP contribution in [0.4, 0.5) is 0 Å². The van der Waals surface area contributed by atoms with Gasteiger partial charge in [-0.3, -0.25) is 9.78 Å². The average molecular weight is 290 g/mol. The highest BCUT2D eigenvalue weighted by Crippen LogP contribution is 2.29. The molecule has 0 aliphatic heterocycles. The molecule has 1 saturated carbocycles. The van der Waals surface area contributed by atoms with Gasteiger partial charge in [-0.25, -0.2) is 4.79 Å². The van der Waals surface area contributed by atoms with Crippen LogP contribution < -0.4 is 0 Å². The Bertz CT molecular complexity index is 522. The molecule has 21 heavy (non-hydrogen) atoms. The molecule has 1 heterocycles. The summed E-state index contributed by atoms with van der Waals surface area (Å²) < 4.78 is 0. The zero-order chi connectivity index (χ0) is 15.4. The van der Waals surface area contributed by atoms with Gasteiger partial charge in [0.15, 0.2) is 0 Å². The van der Waals surface area contributed by atoms with E-state index in [1.54, 1.807) is 11.9 Å². The van der Waals surface area contributed by atoms with E-state index < -0.39 is 5.97 Å². The van der Waals surface area contributed by atoms with Gasteiger partial charge in [-0.05, 0) is 43.7 Å². The van der Waals surface area contributed by atoms with E-state index in [2.05, 4.69) is 11.9 Å². The van der Waals surface area contributed by atoms with Gasteiger partial charge < -0.3 is 10.0 Å². The molecule has 5 heteroatoms. The maximum atomic E-state index is 12.4. The van der Waals surface area contributed by atoms with Crippen molar-refractivity contribution in [1.29, 1.82) is 0 Å². The number of carbonyl (C=O) groups is 2. The number of hydrogen-bond acceptors (Lipinski definition) is 3. The van der Waals surface area contributed by atoms with Crippen LogP contribution in [0, 0.1) is 5.92 Å². The van der Waals surface area contributed by atoms with E-state index in [9.17, 15) is 9.59 Å². The Balaban J connectivity index is 2.06. The van der Waals surface area contributed by atoms with Crippen LogP contribution in [0.2, 0.25) is 0 Å². The summed E-state index contributed by atoms with van der Waals surface area (Å²) in [6.07, 6.45) is 6.91. The Labute approximate surface area is 125 Å². The maximum Gasteiger partial charge on any atom is 0.335 e. The number of carbonyl (C=O) groups excluding carboxylic acids is 1. The quantitative estimate of drug-likeness (QED) is 0.925. The molecule has 0 unspecified atom stereocenters. The fourth-order valence-corrected chi connectivity index (χ4v) is 2.97. The van der Waals surface area contributed by atoms with Crippen LogP contribution in [0.15, 0.2) is 18.3 Å². The summed E-state index contributed by atoms with van der Waals surface area (Å²) >= 11 is 0. The molecule has 1 aromatic rings. The number of aromatic nitrogens is 1. The number of amides is 1. The lowest BCUT2D eigenvalue weighted by atomic mass is 9.84. The Morgan fingerprint density at radius 3 is 2.57 bits per heavy atom. The lowest BCUT2D eigenvalue weighted by Crippen LogP contribution is -2.39. The van der Waals surface area contributed by atoms with Gasteiger partial charge in [0, 0.05) is 19.3 Å². The molecule has 0 saturated heterocycles. The maximum absolute atomic E-state index is 12.4. The largest absolute Gasteiger partial charge is 0.478 e. The summed E-state index contributed by atoms with van der Waals surface area (Å²) in [6, 6.07) is 2.97. The molecule has 0 aromatic carbocycles. The fourth-order valence-electron chi connectivity index (χ4n) is 2.97. The van der Waals surface area contributed by atoms with E-state index in [4.69, 9.17) is 5.11 Å². The molecule has 2 rings (SSSR count). The Morgan fingerprint density at radius 2 is 2.00 bits per heavy atom. The topological polar surface area (TPSA) is 70.5 Å². The molecule has 1 aliphatic carbocycles. The molecule has 0 atom stereocenters. The monoisotopic (exact) mass is 290 g/mol. The second-order valence-corrected chi connectivity index (χ2v) is 5.73. The predicted molar refractivity (Wildman–Crippen MR) is 79.3 cm³/mol. The number of nitrogens with zero attached hydrogens (tertiary/aromatic N) is 2. The fraction of sp³-hybridized carbons (Fsp3) is 0.562. The highest BCUT2D eigenvalue weighted by atomic mass is 16.4. The van der Waals surface area contributed by atoms with Crippen molar-refractivity contribution in [3.05, 3.63) is 29.6 Å². The van der Waals surface area contributed by atoms with Crippen molar-refractivity contribution in [2.24, 2.45) is 5.92 Å². The standard InChI is InChI=1S/C16H22N2O3/c1-3-11-4-6-13(7-5-11)18(2)15(19)14-10-12(16(20)21)8-9-17-14/h8-11,13H,3-7H2,1-2H3,(H,20,21). The zero-order valence-electron chi connectivity index (χ0n) is 12.6. The SMILES string of the molecule is CCC1CCC(N(C)C(=O)c2cc(C(=O)O)ccn2)CC1. The molecular weight excluding hydrogens is 268 g/mol. The van der Waals surface area contributed by atoms with Crippen molar-refractivity contribution in [2.45, 2.75) is 45.1 Å². The van der Waals surface area contributed by atoms with Crippen molar-refractivity contribution in [1.82, 2.24) is 9.88 Å². The highest BCUT2D eigenvalue weighted by molar-refractivity contribution is 5.95. The van der Waals surface area contributed by atoms with Gasteiger partial charge in [0.25, 0.3) is 5.91 Å². The second kappa shape index (κ2) is 6.70. The van der Waals surface area contributed by atoms with Crippen molar-refractivity contribution in [2.75, 3.05) is 7.05 Å². The van der Waals surface area contributed by atoms with Crippen molar-refractivity contribution in [3.8, 4) is 0 Å². The minimum absolute atomic E-state index is 0.0939. The van der Waals surface area contributed by atoms with Crippen LogP contribution in [0.1, 0.15) is 59.9 Å². The third-order valence-corrected chi connectivity index (χ3v) is 4.49. The zero-order valence-corrected chi connectivity index (χ0v) is 12.6. The lowest BCUT2D eigenvalue weighted by molar-refractivity contribution is 0.0668. The van der Waals surface area contributed by atoms with Gasteiger partial charge in [0.1, 0.15) is 5.69 Å². The Hall–Kier alpha value is -1.91. The molecule has 0 bridgehead atoms. The molecule has 0 spiro atoms. The van der Waals surface area contributed by atoms with Gasteiger partial charge >= 0.3 is 5.97 Å². The molecule has 5 nitrogen and oxygen atoms in total. The van der Waals surface area contributed by atoms with E-state index in [0.29, 0.717) is 0 Å². The molecule has 1 aromatic heterocycles. The van der Waals surface area contributed by atoms with Crippen molar-refractivity contribution < 1.29 is 14.7 Å². The first-order chi connectivity index (χ1) is 10.0. The number of hydrogen-bond donors (Lipinski definition) is 1. The smallest absolute Gasteiger partial charge is 0.335 e. The molecule has 1 amide bonds. The lowest BCUT2D eigenvalue weighted by Gasteiger charge is -2.34. The number of pyridine rings is 1. The van der Waals surface area contributed by atoms with Gasteiger partial charge in [0.05, 0.1) is 5.56 Å². The predicted octanol–water partition coefficient (Wildman–Crippen LogP) is 2.82. The first-order valence-electron chi connectivity index (χ1n) is 7.49. The number of carboxylic acid groups (broad SMARTS) is 1.